The summed E-state index contributed by atoms with van der Waals surface area (Å²) in [6.45, 7) is 20.9. The molecule has 11 heteroatoms. The van der Waals surface area contributed by atoms with Crippen LogP contribution in [0.4, 0.5) is 4.79 Å². The molecule has 0 spiro atoms. The smallest absolute Gasteiger partial charge is 0.316 e. The summed E-state index contributed by atoms with van der Waals surface area (Å²) in [5.74, 6) is -2.84. The van der Waals surface area contributed by atoms with Gasteiger partial charge in [-0.2, -0.15) is 0 Å². The lowest BCUT2D eigenvalue weighted by atomic mass is 9.82. The summed E-state index contributed by atoms with van der Waals surface area (Å²) in [6.07, 6.45) is 2.26. The Balaban J connectivity index is 1.85. The average Bonchev–Trinajstić information content (AvgIpc) is 3.30. The van der Waals surface area contributed by atoms with Gasteiger partial charge < -0.3 is 26.2 Å². The van der Waals surface area contributed by atoms with Crippen LogP contribution in [0.3, 0.4) is 0 Å². The zero-order chi connectivity index (χ0) is 35.5. The van der Waals surface area contributed by atoms with Gasteiger partial charge in [-0.1, -0.05) is 105 Å². The van der Waals surface area contributed by atoms with Gasteiger partial charge in [0.15, 0.2) is 5.78 Å². The van der Waals surface area contributed by atoms with Crippen LogP contribution in [0.2, 0.25) is 0 Å². The third-order valence-electron chi connectivity index (χ3n) is 9.45. The van der Waals surface area contributed by atoms with Crippen molar-refractivity contribution in [2.24, 2.45) is 28.1 Å². The van der Waals surface area contributed by atoms with E-state index in [0.29, 0.717) is 18.5 Å². The van der Waals surface area contributed by atoms with Crippen LogP contribution in [-0.2, 0) is 19.2 Å². The van der Waals surface area contributed by atoms with Crippen LogP contribution >= 0.6 is 0 Å². The fourth-order valence-corrected chi connectivity index (χ4v) is 6.60. The van der Waals surface area contributed by atoms with Gasteiger partial charge in [0.1, 0.15) is 12.1 Å². The summed E-state index contributed by atoms with van der Waals surface area (Å²) < 4.78 is 0. The third kappa shape index (κ3) is 8.48. The van der Waals surface area contributed by atoms with Gasteiger partial charge >= 0.3 is 6.03 Å². The fraction of sp³-hybridized carbons (Fsp3) is 0.611. The Labute approximate surface area is 279 Å². The number of piperidine rings is 1. The van der Waals surface area contributed by atoms with E-state index >= 15 is 0 Å². The van der Waals surface area contributed by atoms with Crippen molar-refractivity contribution in [3.8, 4) is 0 Å². The molecule has 0 bridgehead atoms. The zero-order valence-electron chi connectivity index (χ0n) is 29.4. The average molecular weight is 652 g/mol. The van der Waals surface area contributed by atoms with E-state index in [0.717, 1.165) is 0 Å². The Morgan fingerprint density at radius 3 is 2.04 bits per heavy atom. The van der Waals surface area contributed by atoms with Crippen molar-refractivity contribution in [1.82, 2.24) is 26.2 Å². The molecule has 0 radical (unpaired) electrons. The number of nitrogens with one attached hydrogen (secondary N) is 4. The molecular weight excluding hydrogens is 598 g/mol. The Hall–Kier alpha value is -4.02. The number of benzene rings is 1. The number of ketones is 2. The number of carbonyl (C=O) groups excluding carboxylic acids is 6. The number of likely N-dealkylation sites (tertiary alicyclic amines) is 1. The number of rotatable bonds is 13. The lowest BCUT2D eigenvalue weighted by Crippen LogP contribution is -2.62. The fourth-order valence-electron chi connectivity index (χ4n) is 6.60. The molecule has 1 heterocycles. The highest BCUT2D eigenvalue weighted by molar-refractivity contribution is 6.38. The molecule has 1 aromatic rings. The van der Waals surface area contributed by atoms with Gasteiger partial charge in [0.2, 0.25) is 17.6 Å². The highest BCUT2D eigenvalue weighted by Crippen LogP contribution is 2.65. The van der Waals surface area contributed by atoms with E-state index in [1.54, 1.807) is 24.3 Å². The summed E-state index contributed by atoms with van der Waals surface area (Å²) in [7, 11) is 0. The van der Waals surface area contributed by atoms with Crippen LogP contribution < -0.4 is 21.3 Å². The van der Waals surface area contributed by atoms with Crippen molar-refractivity contribution in [3.63, 3.8) is 0 Å². The Morgan fingerprint density at radius 1 is 0.936 bits per heavy atom. The van der Waals surface area contributed by atoms with E-state index in [1.165, 1.54) is 11.0 Å². The Morgan fingerprint density at radius 2 is 1.51 bits per heavy atom. The molecule has 2 aliphatic rings. The highest BCUT2D eigenvalue weighted by atomic mass is 16.2. The first kappa shape index (κ1) is 37.4. The summed E-state index contributed by atoms with van der Waals surface area (Å²) in [6, 6.07) is 4.19. The van der Waals surface area contributed by atoms with Gasteiger partial charge in [0.05, 0.1) is 12.1 Å². The predicted molar refractivity (Wildman–Crippen MR) is 180 cm³/mol. The minimum atomic E-state index is -1.05. The molecule has 6 atom stereocenters. The van der Waals surface area contributed by atoms with E-state index in [-0.39, 0.29) is 36.0 Å². The largest absolute Gasteiger partial charge is 0.346 e. The van der Waals surface area contributed by atoms with E-state index in [9.17, 15) is 28.8 Å². The number of Topliss-reactive ketones (excluding diaryl/α,β-unsaturated/α-hetero) is 2. The number of fused-ring (bicyclic) bond motifs is 1. The maximum Gasteiger partial charge on any atom is 0.316 e. The van der Waals surface area contributed by atoms with Gasteiger partial charge in [-0.25, -0.2) is 4.79 Å². The van der Waals surface area contributed by atoms with E-state index in [2.05, 4.69) is 27.8 Å². The number of amides is 5. The monoisotopic (exact) mass is 651 g/mol. The van der Waals surface area contributed by atoms with Crippen LogP contribution in [0.15, 0.2) is 43.0 Å². The molecule has 11 nitrogen and oxygen atoms in total. The molecule has 1 aliphatic heterocycles. The lowest BCUT2D eigenvalue weighted by molar-refractivity contribution is -0.145. The Kier molecular flexibility index (Phi) is 11.5. The van der Waals surface area contributed by atoms with Crippen molar-refractivity contribution in [2.75, 3.05) is 13.1 Å². The molecule has 1 aromatic carbocycles. The maximum atomic E-state index is 14.3. The second kappa shape index (κ2) is 14.4. The normalized spacial score (nSPS) is 21.7. The van der Waals surface area contributed by atoms with Crippen molar-refractivity contribution < 1.29 is 28.8 Å². The van der Waals surface area contributed by atoms with Gasteiger partial charge in [0, 0.05) is 18.7 Å². The summed E-state index contributed by atoms with van der Waals surface area (Å²) in [4.78, 5) is 82.1. The predicted octanol–water partition coefficient (Wildman–Crippen LogP) is 3.64. The molecule has 3 rings (SSSR count). The number of nitrogens with zero attached hydrogens (tertiary/aromatic N) is 1. The standard InChI is InChI=1S/C36H53N5O6/c1-11-16-23(27(43)31(45)37-19-12-2)38-30(44)25-24-22(36(24,9)10)20-41(25)32(46)29(35(6,7)8)40-33(47)39-28(34(3,4)5)26(42)21-17-14-13-15-18-21/h12-15,17-18,22-25,28-29H,2,11,16,19-20H2,1,3-10H3,(H,37,45)(H,38,44)(H2,39,40,47)/t22-,23?,24-,25-,28?,29+/m0/s1. The number of carbonyl (C=O) groups is 6. The lowest BCUT2D eigenvalue weighted by Gasteiger charge is -2.38. The molecule has 2 unspecified atom stereocenters. The molecule has 2 fully saturated rings. The van der Waals surface area contributed by atoms with Crippen LogP contribution in [0, 0.1) is 28.1 Å². The quantitative estimate of drug-likeness (QED) is 0.145. The van der Waals surface area contributed by atoms with Crippen LogP contribution in [0.25, 0.3) is 0 Å². The van der Waals surface area contributed by atoms with Crippen molar-refractivity contribution in [1.29, 1.82) is 0 Å². The van der Waals surface area contributed by atoms with Crippen molar-refractivity contribution >= 4 is 35.3 Å². The van der Waals surface area contributed by atoms with Crippen molar-refractivity contribution in [3.05, 3.63) is 48.6 Å². The molecule has 258 valence electrons. The molecule has 47 heavy (non-hydrogen) atoms. The first-order chi connectivity index (χ1) is 21.8. The molecule has 5 amide bonds. The molecule has 0 aromatic heterocycles. The van der Waals surface area contributed by atoms with Gasteiger partial charge in [-0.15, -0.1) is 6.58 Å². The summed E-state index contributed by atoms with van der Waals surface area (Å²) in [5.41, 5.74) is -1.14. The molecular formula is C36H53N5O6. The van der Waals surface area contributed by atoms with E-state index in [1.807, 2.05) is 68.4 Å². The topological polar surface area (TPSA) is 154 Å². The zero-order valence-corrected chi connectivity index (χ0v) is 29.4. The summed E-state index contributed by atoms with van der Waals surface area (Å²) in [5, 5.41) is 10.9. The Bertz CT molecular complexity index is 1380. The van der Waals surface area contributed by atoms with Crippen LogP contribution in [-0.4, -0.2) is 77.5 Å². The van der Waals surface area contributed by atoms with Gasteiger partial charge in [-0.05, 0) is 34.5 Å². The number of hydrogen-bond donors (Lipinski definition) is 4. The second-order valence-electron chi connectivity index (χ2n) is 15.5. The van der Waals surface area contributed by atoms with Crippen molar-refractivity contribution in [2.45, 2.75) is 99.3 Å². The number of hydrogen-bond acceptors (Lipinski definition) is 6. The molecule has 1 aliphatic carbocycles. The SMILES string of the molecule is C=CCNC(=O)C(=O)C(CCC)NC(=O)[C@@H]1[C@@H]2[C@H](CN1C(=O)[C@@H](NC(=O)NC(C(=O)c1ccccc1)C(C)(C)C)C(C)(C)C)C2(C)C. The van der Waals surface area contributed by atoms with E-state index in [4.69, 9.17) is 0 Å². The third-order valence-corrected chi connectivity index (χ3v) is 9.45. The molecule has 1 saturated carbocycles. The number of urea groups is 1. The minimum absolute atomic E-state index is 0.0571. The molecule has 4 N–H and O–H groups in total. The summed E-state index contributed by atoms with van der Waals surface area (Å²) >= 11 is 0. The first-order valence-electron chi connectivity index (χ1n) is 16.5. The van der Waals surface area contributed by atoms with E-state index < -0.39 is 64.5 Å². The van der Waals surface area contributed by atoms with Crippen LogP contribution in [0.1, 0.15) is 85.5 Å². The highest BCUT2D eigenvalue weighted by Gasteiger charge is 2.70. The van der Waals surface area contributed by atoms with Gasteiger partial charge in [0.25, 0.3) is 5.91 Å². The second-order valence-corrected chi connectivity index (χ2v) is 15.5. The molecule has 1 saturated heterocycles. The first-order valence-corrected chi connectivity index (χ1v) is 16.5. The van der Waals surface area contributed by atoms with Crippen LogP contribution in [0.5, 0.6) is 0 Å². The van der Waals surface area contributed by atoms with Gasteiger partial charge in [-0.3, -0.25) is 24.0 Å². The minimum Gasteiger partial charge on any atom is -0.346 e. The maximum absolute atomic E-state index is 14.3.